The van der Waals surface area contributed by atoms with Gasteiger partial charge in [-0.15, -0.1) is 0 Å². The van der Waals surface area contributed by atoms with Crippen LogP contribution in [0.25, 0.3) is 0 Å². The van der Waals surface area contributed by atoms with Crippen LogP contribution >= 0.6 is 0 Å². The van der Waals surface area contributed by atoms with Gasteiger partial charge in [0.15, 0.2) is 0 Å². The van der Waals surface area contributed by atoms with E-state index in [1.165, 1.54) is 64.6 Å². The lowest BCUT2D eigenvalue weighted by atomic mass is 9.78. The molecule has 21 heavy (non-hydrogen) atoms. The average Bonchev–Trinajstić information content (AvgIpc) is 3.19. The monoisotopic (exact) mass is 288 g/mol. The number of hydrogen-bond acceptors (Lipinski definition) is 3. The van der Waals surface area contributed by atoms with Gasteiger partial charge in [-0.05, 0) is 50.3 Å². The molecule has 3 nitrogen and oxygen atoms in total. The van der Waals surface area contributed by atoms with Crippen molar-refractivity contribution >= 4 is 0 Å². The molecule has 1 aromatic rings. The molecule has 3 aliphatic rings. The zero-order valence-corrected chi connectivity index (χ0v) is 13.0. The highest BCUT2D eigenvalue weighted by atomic mass is 16.3. The van der Waals surface area contributed by atoms with E-state index in [-0.39, 0.29) is 0 Å². The van der Waals surface area contributed by atoms with Crippen molar-refractivity contribution in [3.63, 3.8) is 0 Å². The summed E-state index contributed by atoms with van der Waals surface area (Å²) in [6.45, 7) is 4.83. The molecule has 116 valence electrons. The lowest BCUT2D eigenvalue weighted by Crippen LogP contribution is -2.59. The topological polar surface area (TPSA) is 19.6 Å². The third-order valence-electron chi connectivity index (χ3n) is 5.98. The van der Waals surface area contributed by atoms with E-state index in [0.717, 1.165) is 30.3 Å². The van der Waals surface area contributed by atoms with Crippen molar-refractivity contribution in [3.05, 3.63) is 24.2 Å². The molecule has 3 fully saturated rings. The first-order valence-corrected chi connectivity index (χ1v) is 8.92. The summed E-state index contributed by atoms with van der Waals surface area (Å²) in [6, 6.07) is 5.75. The molecule has 3 heteroatoms. The van der Waals surface area contributed by atoms with Crippen LogP contribution in [0.1, 0.15) is 50.7 Å². The van der Waals surface area contributed by atoms with Crippen LogP contribution in [-0.2, 0) is 6.54 Å². The third kappa shape index (κ3) is 2.78. The van der Waals surface area contributed by atoms with Crippen LogP contribution in [0.15, 0.2) is 22.8 Å². The van der Waals surface area contributed by atoms with Crippen molar-refractivity contribution in [3.8, 4) is 0 Å². The third-order valence-corrected chi connectivity index (χ3v) is 5.98. The molecule has 1 saturated carbocycles. The van der Waals surface area contributed by atoms with Gasteiger partial charge in [-0.25, -0.2) is 0 Å². The predicted molar refractivity (Wildman–Crippen MR) is 84.1 cm³/mol. The fourth-order valence-electron chi connectivity index (χ4n) is 5.04. The van der Waals surface area contributed by atoms with E-state index in [1.54, 1.807) is 0 Å². The molecule has 1 aliphatic carbocycles. The van der Waals surface area contributed by atoms with Crippen LogP contribution in [0.4, 0.5) is 0 Å². The normalized spacial score (nSPS) is 32.4. The second kappa shape index (κ2) is 6.13. The van der Waals surface area contributed by atoms with Gasteiger partial charge in [0, 0.05) is 25.2 Å². The second-order valence-corrected chi connectivity index (χ2v) is 7.18. The SMILES string of the molecule is c1coc(CN2CCN3CCC[C@H]3[C@H]2C2CCCCC2)c1. The molecule has 2 atom stereocenters. The molecule has 3 heterocycles. The van der Waals surface area contributed by atoms with Crippen molar-refractivity contribution in [1.82, 2.24) is 9.80 Å². The Morgan fingerprint density at radius 1 is 1.00 bits per heavy atom. The highest BCUT2D eigenvalue weighted by Gasteiger charge is 2.43. The number of rotatable bonds is 3. The maximum Gasteiger partial charge on any atom is 0.117 e. The van der Waals surface area contributed by atoms with Crippen molar-refractivity contribution in [1.29, 1.82) is 0 Å². The van der Waals surface area contributed by atoms with E-state index >= 15 is 0 Å². The fraction of sp³-hybridized carbons (Fsp3) is 0.778. The van der Waals surface area contributed by atoms with Gasteiger partial charge in [-0.2, -0.15) is 0 Å². The average molecular weight is 288 g/mol. The van der Waals surface area contributed by atoms with Crippen LogP contribution < -0.4 is 0 Å². The molecule has 0 N–H and O–H groups in total. The summed E-state index contributed by atoms with van der Waals surface area (Å²) in [6.07, 6.45) is 11.9. The van der Waals surface area contributed by atoms with E-state index in [4.69, 9.17) is 4.42 Å². The molecular weight excluding hydrogens is 260 g/mol. The van der Waals surface area contributed by atoms with Gasteiger partial charge in [0.1, 0.15) is 5.76 Å². The van der Waals surface area contributed by atoms with E-state index in [9.17, 15) is 0 Å². The molecule has 0 amide bonds. The van der Waals surface area contributed by atoms with Crippen LogP contribution in [0.2, 0.25) is 0 Å². The lowest BCUT2D eigenvalue weighted by Gasteiger charge is -2.49. The largest absolute Gasteiger partial charge is 0.468 e. The van der Waals surface area contributed by atoms with Crippen LogP contribution in [0, 0.1) is 5.92 Å². The Balaban J connectivity index is 1.54. The summed E-state index contributed by atoms with van der Waals surface area (Å²) in [5, 5.41) is 0. The van der Waals surface area contributed by atoms with Crippen LogP contribution in [0.5, 0.6) is 0 Å². The van der Waals surface area contributed by atoms with Crippen molar-refractivity contribution in [2.75, 3.05) is 19.6 Å². The van der Waals surface area contributed by atoms with E-state index in [2.05, 4.69) is 15.9 Å². The van der Waals surface area contributed by atoms with Gasteiger partial charge >= 0.3 is 0 Å². The fourth-order valence-corrected chi connectivity index (χ4v) is 5.04. The van der Waals surface area contributed by atoms with Crippen molar-refractivity contribution < 1.29 is 4.42 Å². The zero-order chi connectivity index (χ0) is 14.1. The minimum absolute atomic E-state index is 0.770. The van der Waals surface area contributed by atoms with Gasteiger partial charge in [-0.1, -0.05) is 19.3 Å². The number of furan rings is 1. The highest BCUT2D eigenvalue weighted by molar-refractivity contribution is 5.03. The molecular formula is C18H28N2O. The first-order valence-electron chi connectivity index (χ1n) is 8.92. The first-order chi connectivity index (χ1) is 10.4. The maximum absolute atomic E-state index is 5.63. The maximum atomic E-state index is 5.63. The Kier molecular flexibility index (Phi) is 4.04. The molecule has 2 saturated heterocycles. The smallest absolute Gasteiger partial charge is 0.117 e. The first kappa shape index (κ1) is 13.8. The summed E-state index contributed by atoms with van der Waals surface area (Å²) >= 11 is 0. The quantitative estimate of drug-likeness (QED) is 0.848. The van der Waals surface area contributed by atoms with Crippen molar-refractivity contribution in [2.45, 2.75) is 63.6 Å². The van der Waals surface area contributed by atoms with E-state index in [1.807, 2.05) is 12.3 Å². The van der Waals surface area contributed by atoms with Gasteiger partial charge in [-0.3, -0.25) is 9.80 Å². The molecule has 0 spiro atoms. The summed E-state index contributed by atoms with van der Waals surface area (Å²) in [4.78, 5) is 5.53. The Hall–Kier alpha value is -0.800. The zero-order valence-electron chi connectivity index (χ0n) is 13.0. The number of nitrogens with zero attached hydrogens (tertiary/aromatic N) is 2. The van der Waals surface area contributed by atoms with Gasteiger partial charge in [0.25, 0.3) is 0 Å². The summed E-state index contributed by atoms with van der Waals surface area (Å²) in [5.41, 5.74) is 0. The summed E-state index contributed by atoms with van der Waals surface area (Å²) in [5.74, 6) is 2.06. The second-order valence-electron chi connectivity index (χ2n) is 7.18. The Bertz CT molecular complexity index is 438. The van der Waals surface area contributed by atoms with Gasteiger partial charge in [0.2, 0.25) is 0 Å². The highest BCUT2D eigenvalue weighted by Crippen LogP contribution is 2.38. The Labute approximate surface area is 128 Å². The lowest BCUT2D eigenvalue weighted by molar-refractivity contribution is -0.00705. The minimum atomic E-state index is 0.770. The number of piperazine rings is 1. The van der Waals surface area contributed by atoms with Gasteiger partial charge < -0.3 is 4.42 Å². The standard InChI is InChI=1S/C18H28N2O/c1-2-6-15(7-3-1)18-17-9-4-10-19(17)11-12-20(18)14-16-8-5-13-21-16/h5,8,13,15,17-18H,1-4,6-7,9-12,14H2/t17-,18+/m0/s1. The number of hydrogen-bond donors (Lipinski definition) is 0. The summed E-state index contributed by atoms with van der Waals surface area (Å²) < 4.78 is 5.63. The minimum Gasteiger partial charge on any atom is -0.468 e. The molecule has 1 aromatic heterocycles. The molecule has 0 unspecified atom stereocenters. The van der Waals surface area contributed by atoms with E-state index in [0.29, 0.717) is 0 Å². The number of fused-ring (bicyclic) bond motifs is 1. The molecule has 0 bridgehead atoms. The molecule has 0 aromatic carbocycles. The van der Waals surface area contributed by atoms with Crippen LogP contribution in [-0.4, -0.2) is 41.5 Å². The van der Waals surface area contributed by atoms with Crippen molar-refractivity contribution in [2.24, 2.45) is 5.92 Å². The molecule has 4 rings (SSSR count). The Morgan fingerprint density at radius 2 is 1.90 bits per heavy atom. The van der Waals surface area contributed by atoms with Gasteiger partial charge in [0.05, 0.1) is 12.8 Å². The molecule has 0 radical (unpaired) electrons. The van der Waals surface area contributed by atoms with Crippen LogP contribution in [0.3, 0.4) is 0 Å². The summed E-state index contributed by atoms with van der Waals surface area (Å²) in [7, 11) is 0. The predicted octanol–water partition coefficient (Wildman–Crippen LogP) is 3.51. The molecule has 2 aliphatic heterocycles. The Morgan fingerprint density at radius 3 is 2.71 bits per heavy atom. The van der Waals surface area contributed by atoms with E-state index < -0.39 is 0 Å².